The number of fused-ring (bicyclic) bond motifs is 1. The molecule has 10 heteroatoms. The zero-order chi connectivity index (χ0) is 21.2. The maximum atomic E-state index is 12.4. The Morgan fingerprint density at radius 3 is 2.52 bits per heavy atom. The minimum atomic E-state index is -3.42. The van der Waals surface area contributed by atoms with Gasteiger partial charge in [0, 0.05) is 25.8 Å². The summed E-state index contributed by atoms with van der Waals surface area (Å²) in [7, 11) is -3.42. The van der Waals surface area contributed by atoms with Crippen LogP contribution in [0.15, 0.2) is 28.3 Å². The standard InChI is InChI=1S/C19H27N3O6S/c1-19(2,3)28-18(24)21-8-6-14(7-9-21)13-27-17(23)15-4-5-16-20-29(25,26)11-10-22(16)12-15/h4-5,12,14H,6-11,13H2,1-3H3. The fourth-order valence-electron chi connectivity index (χ4n) is 3.21. The Morgan fingerprint density at radius 1 is 1.17 bits per heavy atom. The van der Waals surface area contributed by atoms with Crippen molar-refractivity contribution in [1.29, 1.82) is 0 Å². The molecule has 9 nitrogen and oxygen atoms in total. The molecule has 3 aliphatic rings. The van der Waals surface area contributed by atoms with E-state index in [0.717, 1.165) is 12.8 Å². The molecule has 0 aliphatic carbocycles. The van der Waals surface area contributed by atoms with Gasteiger partial charge in [-0.25, -0.2) is 18.0 Å². The lowest BCUT2D eigenvalue weighted by molar-refractivity contribution is -0.140. The van der Waals surface area contributed by atoms with Crippen LogP contribution >= 0.6 is 0 Å². The van der Waals surface area contributed by atoms with E-state index in [2.05, 4.69) is 4.40 Å². The number of amidine groups is 1. The molecule has 160 valence electrons. The number of carbonyl (C=O) groups excluding carboxylic acids is 2. The third-order valence-corrected chi connectivity index (χ3v) is 5.94. The maximum Gasteiger partial charge on any atom is 0.410 e. The van der Waals surface area contributed by atoms with E-state index in [0.29, 0.717) is 24.5 Å². The highest BCUT2D eigenvalue weighted by Crippen LogP contribution is 2.21. The SMILES string of the molecule is CC(C)(C)OC(=O)N1CCC(COC(=O)C2=CN3CCS(=O)(=O)N=C3C=C2)CC1. The smallest absolute Gasteiger partial charge is 0.410 e. The number of carbonyl (C=O) groups is 2. The van der Waals surface area contributed by atoms with E-state index >= 15 is 0 Å². The molecule has 3 rings (SSSR count). The molecule has 0 N–H and O–H groups in total. The summed E-state index contributed by atoms with van der Waals surface area (Å²) in [6.45, 7) is 7.19. The minimum Gasteiger partial charge on any atom is -0.462 e. The topological polar surface area (TPSA) is 106 Å². The van der Waals surface area contributed by atoms with Gasteiger partial charge < -0.3 is 19.3 Å². The van der Waals surface area contributed by atoms with E-state index < -0.39 is 21.6 Å². The van der Waals surface area contributed by atoms with Crippen LogP contribution in [0.5, 0.6) is 0 Å². The molecule has 0 unspecified atom stereocenters. The fraction of sp³-hybridized carbons (Fsp3) is 0.632. The van der Waals surface area contributed by atoms with Gasteiger partial charge in [-0.2, -0.15) is 0 Å². The molecule has 0 radical (unpaired) electrons. The van der Waals surface area contributed by atoms with Gasteiger partial charge in [0.25, 0.3) is 10.0 Å². The number of esters is 1. The molecule has 29 heavy (non-hydrogen) atoms. The monoisotopic (exact) mass is 425 g/mol. The molecule has 1 fully saturated rings. The van der Waals surface area contributed by atoms with E-state index in [1.54, 1.807) is 16.0 Å². The second-order valence-corrected chi connectivity index (χ2v) is 10.1. The molecule has 1 saturated heterocycles. The van der Waals surface area contributed by atoms with E-state index in [-0.39, 0.29) is 30.9 Å². The molecule has 0 aromatic rings. The average Bonchev–Trinajstić information content (AvgIpc) is 2.64. The number of amides is 1. The predicted octanol–water partition coefficient (Wildman–Crippen LogP) is 1.67. The summed E-state index contributed by atoms with van der Waals surface area (Å²) in [6, 6.07) is 0. The van der Waals surface area contributed by atoms with E-state index in [9.17, 15) is 18.0 Å². The van der Waals surface area contributed by atoms with E-state index in [1.165, 1.54) is 12.2 Å². The van der Waals surface area contributed by atoms with Gasteiger partial charge in [-0.05, 0) is 51.7 Å². The highest BCUT2D eigenvalue weighted by Gasteiger charge is 2.28. The Balaban J connectivity index is 1.46. The van der Waals surface area contributed by atoms with Crippen LogP contribution in [0.4, 0.5) is 4.79 Å². The van der Waals surface area contributed by atoms with Crippen LogP contribution in [0.3, 0.4) is 0 Å². The first-order valence-corrected chi connectivity index (χ1v) is 11.3. The second kappa shape index (κ2) is 8.17. The molecule has 0 bridgehead atoms. The number of likely N-dealkylation sites (tertiary alicyclic amines) is 1. The van der Waals surface area contributed by atoms with Gasteiger partial charge in [-0.1, -0.05) is 0 Å². The number of nitrogens with zero attached hydrogens (tertiary/aromatic N) is 3. The van der Waals surface area contributed by atoms with Crippen molar-refractivity contribution in [2.45, 2.75) is 39.2 Å². The maximum absolute atomic E-state index is 12.4. The average molecular weight is 426 g/mol. The first kappa shape index (κ1) is 21.4. The van der Waals surface area contributed by atoms with Crippen LogP contribution in [0, 0.1) is 5.92 Å². The molecular weight excluding hydrogens is 398 g/mol. The number of ether oxygens (including phenoxy) is 2. The van der Waals surface area contributed by atoms with Crippen LogP contribution in [-0.4, -0.2) is 73.7 Å². The van der Waals surface area contributed by atoms with Gasteiger partial charge in [0.05, 0.1) is 17.9 Å². The molecule has 1 amide bonds. The van der Waals surface area contributed by atoms with Crippen molar-refractivity contribution in [2.75, 3.05) is 32.0 Å². The molecule has 0 aromatic heterocycles. The molecular formula is C19H27N3O6S. The quantitative estimate of drug-likeness (QED) is 0.633. The third kappa shape index (κ3) is 5.81. The van der Waals surface area contributed by atoms with Gasteiger partial charge in [0.15, 0.2) is 0 Å². The predicted molar refractivity (Wildman–Crippen MR) is 107 cm³/mol. The van der Waals surface area contributed by atoms with Crippen molar-refractivity contribution in [2.24, 2.45) is 10.3 Å². The van der Waals surface area contributed by atoms with Crippen LogP contribution in [-0.2, 0) is 24.3 Å². The minimum absolute atomic E-state index is 0.0839. The van der Waals surface area contributed by atoms with Crippen LogP contribution in [0.2, 0.25) is 0 Å². The van der Waals surface area contributed by atoms with Gasteiger partial charge in [-0.15, -0.1) is 4.40 Å². The zero-order valence-corrected chi connectivity index (χ0v) is 17.8. The summed E-state index contributed by atoms with van der Waals surface area (Å²) in [4.78, 5) is 27.8. The normalized spacial score (nSPS) is 21.8. The van der Waals surface area contributed by atoms with Crippen molar-refractivity contribution in [3.05, 3.63) is 23.9 Å². The Bertz CT molecular complexity index is 861. The summed E-state index contributed by atoms with van der Waals surface area (Å²) < 4.78 is 37.6. The van der Waals surface area contributed by atoms with Crippen LogP contribution < -0.4 is 0 Å². The highest BCUT2D eigenvalue weighted by atomic mass is 32.2. The highest BCUT2D eigenvalue weighted by molar-refractivity contribution is 7.90. The lowest BCUT2D eigenvalue weighted by Crippen LogP contribution is -2.42. The summed E-state index contributed by atoms with van der Waals surface area (Å²) in [5.74, 6) is -0.0481. The molecule has 0 spiro atoms. The molecule has 0 aromatic carbocycles. The Hall–Kier alpha value is -2.36. The zero-order valence-electron chi connectivity index (χ0n) is 17.0. The van der Waals surface area contributed by atoms with Gasteiger partial charge in [0.1, 0.15) is 11.4 Å². The van der Waals surface area contributed by atoms with Gasteiger partial charge >= 0.3 is 12.1 Å². The van der Waals surface area contributed by atoms with Crippen LogP contribution in [0.25, 0.3) is 0 Å². The number of hydrogen-bond donors (Lipinski definition) is 0. The van der Waals surface area contributed by atoms with Crippen molar-refractivity contribution in [1.82, 2.24) is 9.80 Å². The Labute approximate surface area is 171 Å². The molecule has 3 aliphatic heterocycles. The van der Waals surface area contributed by atoms with Crippen molar-refractivity contribution < 1.29 is 27.5 Å². The first-order chi connectivity index (χ1) is 13.5. The third-order valence-electron chi connectivity index (χ3n) is 4.78. The largest absolute Gasteiger partial charge is 0.462 e. The number of sulfonamides is 1. The fourth-order valence-corrected chi connectivity index (χ4v) is 4.18. The van der Waals surface area contributed by atoms with Crippen LogP contribution in [0.1, 0.15) is 33.6 Å². The number of piperidine rings is 1. The summed E-state index contributed by atoms with van der Waals surface area (Å²) in [6.07, 6.45) is 5.76. The van der Waals surface area contributed by atoms with Gasteiger partial charge in [0.2, 0.25) is 0 Å². The van der Waals surface area contributed by atoms with Crippen molar-refractivity contribution in [3.8, 4) is 0 Å². The van der Waals surface area contributed by atoms with Crippen molar-refractivity contribution in [3.63, 3.8) is 0 Å². The summed E-state index contributed by atoms with van der Waals surface area (Å²) >= 11 is 0. The lowest BCUT2D eigenvalue weighted by atomic mass is 9.98. The molecule has 0 atom stereocenters. The molecule has 3 heterocycles. The second-order valence-electron chi connectivity index (χ2n) is 8.36. The van der Waals surface area contributed by atoms with Crippen molar-refractivity contribution >= 4 is 27.9 Å². The summed E-state index contributed by atoms with van der Waals surface area (Å²) in [5.41, 5.74) is -0.164. The first-order valence-electron chi connectivity index (χ1n) is 9.67. The number of hydrogen-bond acceptors (Lipinski definition) is 7. The Morgan fingerprint density at radius 2 is 1.86 bits per heavy atom. The Kier molecular flexibility index (Phi) is 6.02. The van der Waals surface area contributed by atoms with Gasteiger partial charge in [-0.3, -0.25) is 0 Å². The molecule has 0 saturated carbocycles. The van der Waals surface area contributed by atoms with E-state index in [4.69, 9.17) is 9.47 Å². The van der Waals surface area contributed by atoms with E-state index in [1.807, 2.05) is 20.8 Å². The summed E-state index contributed by atoms with van der Waals surface area (Å²) in [5, 5.41) is 0. The lowest BCUT2D eigenvalue weighted by Gasteiger charge is -2.33. The number of rotatable bonds is 3.